The minimum Gasteiger partial charge on any atom is -0.367 e. The van der Waals surface area contributed by atoms with Gasteiger partial charge in [-0.3, -0.25) is 14.6 Å². The number of aryl methyl sites for hydroxylation is 1. The number of likely N-dealkylation sites (N-methyl/N-ethyl adjacent to an activating group) is 1. The maximum absolute atomic E-state index is 12.7. The molecule has 2 fully saturated rings. The summed E-state index contributed by atoms with van der Waals surface area (Å²) in [5.41, 5.74) is 4.63. The lowest BCUT2D eigenvalue weighted by atomic mass is 9.73. The molecule has 0 bridgehead atoms. The highest BCUT2D eigenvalue weighted by Gasteiger charge is 2.44. The average molecular weight is 543 g/mol. The fraction of sp³-hybridized carbons (Fsp3) is 0.481. The lowest BCUT2D eigenvalue weighted by Gasteiger charge is -2.50. The number of pyridine rings is 1. The topological polar surface area (TPSA) is 139 Å². The minimum absolute atomic E-state index is 0.0683. The smallest absolute Gasteiger partial charge is 0.247 e. The Morgan fingerprint density at radius 3 is 2.83 bits per heavy atom. The van der Waals surface area contributed by atoms with Crippen LogP contribution in [0.15, 0.2) is 36.9 Å². The molecular formula is C27H34N12O. The first kappa shape index (κ1) is 25.8. The standard InChI is InChI=1S/C27H34N12O/c1-3-20-14-29-33-22(20)13-27(6-7-28)18-37(19-27)23-5-4-8-39-25(23)32-26(34-39)31-21-15-30-38(16-21)17-24(40)36-11-9-35(2)10-12-36/h4-5,8,14-16H,3,6,9-13,17-19H2,1-2H3,(H,29,33)(H,31,34). The molecule has 0 unspecified atom stereocenters. The normalized spacial score (nSPS) is 17.1. The van der Waals surface area contributed by atoms with Crippen molar-refractivity contribution in [3.63, 3.8) is 0 Å². The number of hydrogen-bond donors (Lipinski definition) is 2. The zero-order valence-electron chi connectivity index (χ0n) is 22.9. The SMILES string of the molecule is CCc1cn[nH]c1CC1(CC#N)CN(c2cccn3nc(Nc4cnn(CC(=O)N5CCN(C)CC5)c4)nc23)C1. The maximum Gasteiger partial charge on any atom is 0.247 e. The number of aromatic nitrogens is 7. The number of nitriles is 1. The molecule has 40 heavy (non-hydrogen) atoms. The van der Waals surface area contributed by atoms with Crippen molar-refractivity contribution >= 4 is 28.9 Å². The molecule has 0 aromatic carbocycles. The number of anilines is 3. The molecule has 2 saturated heterocycles. The van der Waals surface area contributed by atoms with Crippen LogP contribution in [0, 0.1) is 16.7 Å². The van der Waals surface area contributed by atoms with Crippen LogP contribution < -0.4 is 10.2 Å². The molecule has 4 aromatic heterocycles. The van der Waals surface area contributed by atoms with Crippen molar-refractivity contribution in [1.82, 2.24) is 44.4 Å². The third-order valence-corrected chi connectivity index (χ3v) is 7.97. The lowest BCUT2D eigenvalue weighted by Crippen LogP contribution is -2.57. The van der Waals surface area contributed by atoms with E-state index in [9.17, 15) is 10.1 Å². The summed E-state index contributed by atoms with van der Waals surface area (Å²) in [6, 6.07) is 6.39. The van der Waals surface area contributed by atoms with Crippen LogP contribution in [-0.4, -0.2) is 96.6 Å². The molecule has 2 aliphatic heterocycles. The highest BCUT2D eigenvalue weighted by Crippen LogP contribution is 2.41. The van der Waals surface area contributed by atoms with E-state index in [1.807, 2.05) is 29.4 Å². The van der Waals surface area contributed by atoms with Gasteiger partial charge in [0, 0.05) is 69.2 Å². The Morgan fingerprint density at radius 2 is 2.05 bits per heavy atom. The van der Waals surface area contributed by atoms with E-state index in [1.165, 1.54) is 5.56 Å². The summed E-state index contributed by atoms with van der Waals surface area (Å²) in [7, 11) is 2.07. The highest BCUT2D eigenvalue weighted by molar-refractivity contribution is 5.76. The van der Waals surface area contributed by atoms with Crippen LogP contribution in [0.3, 0.4) is 0 Å². The number of nitrogens with one attached hydrogen (secondary N) is 2. The number of H-pyrrole nitrogens is 1. The minimum atomic E-state index is -0.130. The van der Waals surface area contributed by atoms with Crippen molar-refractivity contribution in [2.24, 2.45) is 5.41 Å². The van der Waals surface area contributed by atoms with E-state index in [0.29, 0.717) is 18.1 Å². The molecule has 1 amide bonds. The largest absolute Gasteiger partial charge is 0.367 e. The number of nitrogens with zero attached hydrogens (tertiary/aromatic N) is 10. The van der Waals surface area contributed by atoms with Gasteiger partial charge in [-0.1, -0.05) is 6.92 Å². The fourth-order valence-electron chi connectivity index (χ4n) is 5.69. The Bertz CT molecular complexity index is 1530. The Balaban J connectivity index is 1.13. The van der Waals surface area contributed by atoms with Crippen LogP contribution in [0.2, 0.25) is 0 Å². The molecular weight excluding hydrogens is 508 g/mol. The predicted octanol–water partition coefficient (Wildman–Crippen LogP) is 1.69. The van der Waals surface area contributed by atoms with Gasteiger partial charge in [0.2, 0.25) is 11.9 Å². The van der Waals surface area contributed by atoms with E-state index >= 15 is 0 Å². The number of rotatable bonds is 9. The van der Waals surface area contributed by atoms with Crippen LogP contribution in [0.1, 0.15) is 24.6 Å². The summed E-state index contributed by atoms with van der Waals surface area (Å²) in [5, 5.41) is 29.1. The molecule has 13 heteroatoms. The molecule has 0 atom stereocenters. The lowest BCUT2D eigenvalue weighted by molar-refractivity contribution is -0.133. The quantitative estimate of drug-likeness (QED) is 0.323. The van der Waals surface area contributed by atoms with Gasteiger partial charge in [0.05, 0.1) is 29.8 Å². The van der Waals surface area contributed by atoms with Crippen LogP contribution in [0.5, 0.6) is 0 Å². The summed E-state index contributed by atoms with van der Waals surface area (Å²) < 4.78 is 3.40. The molecule has 2 aliphatic rings. The van der Waals surface area contributed by atoms with Crippen LogP contribution in [-0.2, 0) is 24.2 Å². The average Bonchev–Trinajstić information content (AvgIpc) is 3.67. The highest BCUT2D eigenvalue weighted by atomic mass is 16.2. The van der Waals surface area contributed by atoms with E-state index in [1.54, 1.807) is 21.6 Å². The number of amides is 1. The van der Waals surface area contributed by atoms with E-state index in [-0.39, 0.29) is 17.9 Å². The van der Waals surface area contributed by atoms with Crippen molar-refractivity contribution in [1.29, 1.82) is 5.26 Å². The van der Waals surface area contributed by atoms with Crippen LogP contribution in [0.25, 0.3) is 5.65 Å². The number of carbonyl (C=O) groups is 1. The van der Waals surface area contributed by atoms with E-state index < -0.39 is 0 Å². The van der Waals surface area contributed by atoms with Gasteiger partial charge >= 0.3 is 0 Å². The van der Waals surface area contributed by atoms with Crippen LogP contribution >= 0.6 is 0 Å². The second-order valence-electron chi connectivity index (χ2n) is 10.9. The molecule has 0 saturated carbocycles. The second-order valence-corrected chi connectivity index (χ2v) is 10.9. The van der Waals surface area contributed by atoms with Crippen molar-refractivity contribution in [2.75, 3.05) is 56.5 Å². The summed E-state index contributed by atoms with van der Waals surface area (Å²) in [6.07, 6.45) is 9.42. The van der Waals surface area contributed by atoms with Crippen molar-refractivity contribution in [3.8, 4) is 6.07 Å². The molecule has 0 radical (unpaired) electrons. The van der Waals surface area contributed by atoms with Crippen molar-refractivity contribution in [3.05, 3.63) is 48.2 Å². The number of aromatic amines is 1. The summed E-state index contributed by atoms with van der Waals surface area (Å²) in [5.74, 6) is 0.518. The third kappa shape index (κ3) is 5.10. The van der Waals surface area contributed by atoms with Gasteiger partial charge < -0.3 is 20.0 Å². The number of fused-ring (bicyclic) bond motifs is 1. The van der Waals surface area contributed by atoms with Gasteiger partial charge in [-0.2, -0.15) is 20.4 Å². The second kappa shape index (κ2) is 10.6. The maximum atomic E-state index is 12.7. The van der Waals surface area contributed by atoms with E-state index in [4.69, 9.17) is 4.98 Å². The molecule has 2 N–H and O–H groups in total. The molecule has 0 aliphatic carbocycles. The van der Waals surface area contributed by atoms with Gasteiger partial charge in [0.15, 0.2) is 5.65 Å². The summed E-state index contributed by atoms with van der Waals surface area (Å²) >= 11 is 0. The first-order valence-corrected chi connectivity index (χ1v) is 13.7. The van der Waals surface area contributed by atoms with Gasteiger partial charge in [-0.15, -0.1) is 5.10 Å². The Kier molecular flexibility index (Phi) is 6.85. The third-order valence-electron chi connectivity index (χ3n) is 7.97. The van der Waals surface area contributed by atoms with Crippen molar-refractivity contribution in [2.45, 2.75) is 32.7 Å². The van der Waals surface area contributed by atoms with Crippen molar-refractivity contribution < 1.29 is 4.79 Å². The first-order chi connectivity index (χ1) is 19.4. The molecule has 4 aromatic rings. The molecule has 13 nitrogen and oxygen atoms in total. The molecule has 6 rings (SSSR count). The summed E-state index contributed by atoms with van der Waals surface area (Å²) in [6.45, 7) is 7.10. The van der Waals surface area contributed by atoms with Gasteiger partial charge in [-0.25, -0.2) is 4.52 Å². The zero-order valence-corrected chi connectivity index (χ0v) is 22.9. The number of piperazine rings is 1. The van der Waals surface area contributed by atoms with E-state index in [0.717, 1.165) is 69.1 Å². The predicted molar refractivity (Wildman–Crippen MR) is 149 cm³/mol. The van der Waals surface area contributed by atoms with E-state index in [2.05, 4.69) is 55.6 Å². The van der Waals surface area contributed by atoms with Crippen LogP contribution in [0.4, 0.5) is 17.3 Å². The summed E-state index contributed by atoms with van der Waals surface area (Å²) in [4.78, 5) is 23.8. The Labute approximate surface area is 232 Å². The van der Waals surface area contributed by atoms with Gasteiger partial charge in [-0.05, 0) is 37.6 Å². The Morgan fingerprint density at radius 1 is 1.23 bits per heavy atom. The number of hydrogen-bond acceptors (Lipinski definition) is 9. The first-order valence-electron chi connectivity index (χ1n) is 13.7. The number of carbonyl (C=O) groups excluding carboxylic acids is 1. The van der Waals surface area contributed by atoms with Gasteiger partial charge in [0.25, 0.3) is 0 Å². The Hall–Kier alpha value is -4.44. The fourth-order valence-corrected chi connectivity index (χ4v) is 5.69. The molecule has 6 heterocycles. The molecule has 208 valence electrons. The monoisotopic (exact) mass is 542 g/mol. The zero-order chi connectivity index (χ0) is 27.7. The molecule has 0 spiro atoms. The van der Waals surface area contributed by atoms with Gasteiger partial charge in [0.1, 0.15) is 6.54 Å².